The number of benzene rings is 3. The zero-order chi connectivity index (χ0) is 35.0. The molecule has 3 aromatic carbocycles. The standard InChI is InChI=1S/C38H41NO10/c1-27(41)49-36(35(43)20-19-31(42)18-11-21-46-25-32(23-40)47-24-29-14-7-3-8-15-29)33(22-28-12-5-2-6-13-28)37(44)39-34(26-48-38(39)45)30-16-9-4-10-17-30/h2-10,12-17,19-20,32-34,36,40H,11,18,21-26H2,1H3/t32-,33-,34+,36-/m1/s1. The zero-order valence-corrected chi connectivity index (χ0v) is 27.3. The highest BCUT2D eigenvalue weighted by molar-refractivity contribution is 6.04. The number of esters is 1. The van der Waals surface area contributed by atoms with Crippen molar-refractivity contribution >= 4 is 29.5 Å². The third kappa shape index (κ3) is 11.3. The highest BCUT2D eigenvalue weighted by atomic mass is 16.6. The first-order valence-electron chi connectivity index (χ1n) is 16.1. The fourth-order valence-corrected chi connectivity index (χ4v) is 5.33. The quantitative estimate of drug-likeness (QED) is 0.109. The second-order valence-electron chi connectivity index (χ2n) is 11.5. The Hall–Kier alpha value is -4.97. The van der Waals surface area contributed by atoms with Crippen LogP contribution in [0.5, 0.6) is 0 Å². The van der Waals surface area contributed by atoms with E-state index in [0.717, 1.165) is 29.5 Å². The minimum atomic E-state index is -1.62. The first kappa shape index (κ1) is 36.9. The lowest BCUT2D eigenvalue weighted by Crippen LogP contribution is -2.47. The number of nitrogens with zero attached hydrogens (tertiary/aromatic N) is 1. The molecular weight excluding hydrogens is 630 g/mol. The van der Waals surface area contributed by atoms with Crippen LogP contribution in [0.1, 0.15) is 42.5 Å². The van der Waals surface area contributed by atoms with Crippen molar-refractivity contribution in [2.24, 2.45) is 5.92 Å². The highest BCUT2D eigenvalue weighted by Gasteiger charge is 2.46. The van der Waals surface area contributed by atoms with Gasteiger partial charge >= 0.3 is 12.1 Å². The number of hydrogen-bond donors (Lipinski definition) is 1. The van der Waals surface area contributed by atoms with Crippen LogP contribution < -0.4 is 0 Å². The van der Waals surface area contributed by atoms with Crippen LogP contribution in [0.15, 0.2) is 103 Å². The largest absolute Gasteiger partial charge is 0.453 e. The molecule has 0 aromatic heterocycles. The molecule has 2 amide bonds. The van der Waals surface area contributed by atoms with Crippen LogP contribution in [-0.2, 0) is 51.2 Å². The summed E-state index contributed by atoms with van der Waals surface area (Å²) in [4.78, 5) is 66.4. The van der Waals surface area contributed by atoms with E-state index in [-0.39, 0.29) is 45.1 Å². The number of cyclic esters (lactones) is 1. The third-order valence-corrected chi connectivity index (χ3v) is 7.83. The van der Waals surface area contributed by atoms with Gasteiger partial charge < -0.3 is 24.1 Å². The van der Waals surface area contributed by atoms with Crippen molar-refractivity contribution < 1.29 is 48.0 Å². The Morgan fingerprint density at radius 3 is 2.18 bits per heavy atom. The van der Waals surface area contributed by atoms with Gasteiger partial charge in [-0.05, 0) is 41.7 Å². The molecule has 1 saturated heterocycles. The molecule has 258 valence electrons. The molecule has 1 fully saturated rings. The molecule has 11 heteroatoms. The van der Waals surface area contributed by atoms with Crippen molar-refractivity contribution in [1.82, 2.24) is 4.90 Å². The van der Waals surface area contributed by atoms with Crippen LogP contribution in [-0.4, -0.2) is 78.2 Å². The lowest BCUT2D eigenvalue weighted by atomic mass is 9.89. The van der Waals surface area contributed by atoms with Gasteiger partial charge in [-0.1, -0.05) is 91.0 Å². The lowest BCUT2D eigenvalue weighted by molar-refractivity contribution is -0.158. The molecular formula is C38H41NO10. The average molecular weight is 672 g/mol. The Labute approximate surface area is 285 Å². The molecule has 3 aromatic rings. The second-order valence-corrected chi connectivity index (χ2v) is 11.5. The molecule has 49 heavy (non-hydrogen) atoms. The first-order chi connectivity index (χ1) is 23.8. The zero-order valence-electron chi connectivity index (χ0n) is 27.3. The van der Waals surface area contributed by atoms with Gasteiger partial charge in [-0.15, -0.1) is 0 Å². The monoisotopic (exact) mass is 671 g/mol. The van der Waals surface area contributed by atoms with Gasteiger partial charge in [-0.25, -0.2) is 9.69 Å². The Bertz CT molecular complexity index is 1560. The molecule has 4 atom stereocenters. The first-order valence-corrected chi connectivity index (χ1v) is 16.1. The van der Waals surface area contributed by atoms with Gasteiger partial charge in [0.15, 0.2) is 17.7 Å². The van der Waals surface area contributed by atoms with E-state index in [9.17, 15) is 29.1 Å². The van der Waals surface area contributed by atoms with Crippen molar-refractivity contribution in [1.29, 1.82) is 0 Å². The summed E-state index contributed by atoms with van der Waals surface area (Å²) in [6.07, 6.45) is -0.560. The molecule has 0 unspecified atom stereocenters. The number of carbonyl (C=O) groups is 5. The molecule has 1 heterocycles. The number of aliphatic hydroxyl groups is 1. The molecule has 0 bridgehead atoms. The fourth-order valence-electron chi connectivity index (χ4n) is 5.33. The predicted octanol–water partition coefficient (Wildman–Crippen LogP) is 4.57. The summed E-state index contributed by atoms with van der Waals surface area (Å²) in [5, 5.41) is 9.59. The van der Waals surface area contributed by atoms with Crippen LogP contribution in [0.25, 0.3) is 0 Å². The van der Waals surface area contributed by atoms with Crippen LogP contribution in [0, 0.1) is 5.92 Å². The number of ketones is 2. The summed E-state index contributed by atoms with van der Waals surface area (Å²) in [5.41, 5.74) is 2.30. The van der Waals surface area contributed by atoms with E-state index in [0.29, 0.717) is 24.2 Å². The summed E-state index contributed by atoms with van der Waals surface area (Å²) >= 11 is 0. The van der Waals surface area contributed by atoms with Gasteiger partial charge in [0.1, 0.15) is 18.8 Å². The summed E-state index contributed by atoms with van der Waals surface area (Å²) in [7, 11) is 0. The van der Waals surface area contributed by atoms with E-state index in [1.807, 2.05) is 30.3 Å². The molecule has 11 nitrogen and oxygen atoms in total. The van der Waals surface area contributed by atoms with Crippen molar-refractivity contribution in [3.63, 3.8) is 0 Å². The van der Waals surface area contributed by atoms with Gasteiger partial charge in [0.2, 0.25) is 5.91 Å². The molecule has 1 aliphatic heterocycles. The van der Waals surface area contributed by atoms with Crippen LogP contribution in [0.2, 0.25) is 0 Å². The van der Waals surface area contributed by atoms with Crippen molar-refractivity contribution in [2.75, 3.05) is 26.4 Å². The van der Waals surface area contributed by atoms with Crippen molar-refractivity contribution in [2.45, 2.75) is 51.0 Å². The van der Waals surface area contributed by atoms with E-state index < -0.39 is 47.9 Å². The third-order valence-electron chi connectivity index (χ3n) is 7.83. The minimum Gasteiger partial charge on any atom is -0.453 e. The highest BCUT2D eigenvalue weighted by Crippen LogP contribution is 2.31. The number of hydrogen-bond acceptors (Lipinski definition) is 10. The molecule has 4 rings (SSSR count). The maximum atomic E-state index is 14.1. The van der Waals surface area contributed by atoms with E-state index in [4.69, 9.17) is 18.9 Å². The van der Waals surface area contributed by atoms with Gasteiger partial charge in [0.05, 0.1) is 25.7 Å². The van der Waals surface area contributed by atoms with Gasteiger partial charge in [-0.2, -0.15) is 0 Å². The second kappa shape index (κ2) is 19.1. The van der Waals surface area contributed by atoms with Crippen LogP contribution >= 0.6 is 0 Å². The number of ether oxygens (including phenoxy) is 4. The average Bonchev–Trinajstić information content (AvgIpc) is 3.51. The Morgan fingerprint density at radius 2 is 1.55 bits per heavy atom. The number of amides is 2. The Balaban J connectivity index is 1.39. The van der Waals surface area contributed by atoms with Crippen molar-refractivity contribution in [3.05, 3.63) is 120 Å². The maximum Gasteiger partial charge on any atom is 0.417 e. The number of rotatable bonds is 19. The van der Waals surface area contributed by atoms with E-state index in [1.54, 1.807) is 60.7 Å². The summed E-state index contributed by atoms with van der Waals surface area (Å²) in [6.45, 7) is 1.51. The van der Waals surface area contributed by atoms with Gasteiger partial charge in [0.25, 0.3) is 0 Å². The summed E-state index contributed by atoms with van der Waals surface area (Å²) in [6, 6.07) is 26.5. The smallest absolute Gasteiger partial charge is 0.417 e. The predicted molar refractivity (Wildman–Crippen MR) is 178 cm³/mol. The molecule has 0 radical (unpaired) electrons. The molecule has 1 N–H and O–H groups in total. The van der Waals surface area contributed by atoms with E-state index >= 15 is 0 Å². The lowest BCUT2D eigenvalue weighted by Gasteiger charge is -2.29. The van der Waals surface area contributed by atoms with Gasteiger partial charge in [-0.3, -0.25) is 19.2 Å². The number of imide groups is 1. The molecule has 0 aliphatic carbocycles. The molecule has 1 aliphatic rings. The van der Waals surface area contributed by atoms with Gasteiger partial charge in [0, 0.05) is 20.0 Å². The number of aliphatic hydroxyl groups excluding tert-OH is 1. The SMILES string of the molecule is CC(=O)O[C@@H](C(=O)C=CC(=O)CCCOC[C@@H](CO)OCc1ccccc1)[C@@H](Cc1ccccc1)C(=O)N1C(=O)OC[C@H]1c1ccccc1. The summed E-state index contributed by atoms with van der Waals surface area (Å²) in [5.74, 6) is -4.01. The van der Waals surface area contributed by atoms with Crippen molar-refractivity contribution in [3.8, 4) is 0 Å². The number of allylic oxidation sites excluding steroid dienone is 1. The minimum absolute atomic E-state index is 0.0301. The Morgan fingerprint density at radius 1 is 0.918 bits per heavy atom. The van der Waals surface area contributed by atoms with E-state index in [2.05, 4.69) is 0 Å². The maximum absolute atomic E-state index is 14.1. The van der Waals surface area contributed by atoms with Crippen LogP contribution in [0.4, 0.5) is 4.79 Å². The topological polar surface area (TPSA) is 146 Å². The molecule has 0 spiro atoms. The van der Waals surface area contributed by atoms with E-state index in [1.165, 1.54) is 0 Å². The summed E-state index contributed by atoms with van der Waals surface area (Å²) < 4.78 is 21.9. The normalized spacial score (nSPS) is 16.2. The Kier molecular flexibility index (Phi) is 14.4. The molecule has 0 saturated carbocycles. The number of carbonyl (C=O) groups excluding carboxylic acids is 5. The van der Waals surface area contributed by atoms with Crippen LogP contribution in [0.3, 0.4) is 0 Å². The fraction of sp³-hybridized carbons (Fsp3) is 0.342.